The molecule has 2 heterocycles. The zero-order chi connectivity index (χ0) is 37.7. The molecule has 278 valence electrons. The number of aromatic nitrogens is 4. The molecule has 2 aromatic heterocycles. The maximum absolute atomic E-state index is 14.2. The molecule has 1 amide bonds. The van der Waals surface area contributed by atoms with Gasteiger partial charge < -0.3 is 11.5 Å². The van der Waals surface area contributed by atoms with Crippen LogP contribution in [-0.4, -0.2) is 44.0 Å². The summed E-state index contributed by atoms with van der Waals surface area (Å²) in [5.74, 6) is -0.0442. The third kappa shape index (κ3) is 7.28. The molecular weight excluding hydrogens is 712 g/mol. The van der Waals surface area contributed by atoms with Crippen molar-refractivity contribution in [3.63, 3.8) is 0 Å². The number of nitrogens with one attached hydrogen (secondary N) is 1. The molecule has 0 saturated heterocycles. The van der Waals surface area contributed by atoms with Gasteiger partial charge in [0.25, 0.3) is 10.1 Å². The van der Waals surface area contributed by atoms with Crippen molar-refractivity contribution < 1.29 is 30.9 Å². The monoisotopic (exact) mass is 749 g/mol. The van der Waals surface area contributed by atoms with Crippen molar-refractivity contribution in [1.29, 1.82) is 5.26 Å². The fraction of sp³-hybridized carbons (Fsp3) is 0.297. The standard InChI is InChI=1S/C37H35F3N6O5S.H3N/c1-21-22(2)31(19-33(23(21)3)52(49,50)51)26-10-12-28(13-11-26)43-35(47)45-34(32-16-17-42-46(32)29-14-8-25(20-41)9-15-29)24(4)44(36(45)48)30-7-5-6-27(18-30)37(38,39)40;/h5-9,14-19,26,28H,10-13H2,1-4H3,(H,43,47)(H,49,50,51);1H3/t26-,28+;. The Labute approximate surface area is 303 Å². The van der Waals surface area contributed by atoms with Crippen LogP contribution < -0.4 is 17.2 Å². The average Bonchev–Trinajstić information content (AvgIpc) is 3.68. The number of benzene rings is 3. The molecule has 0 bridgehead atoms. The number of rotatable bonds is 6. The van der Waals surface area contributed by atoms with Gasteiger partial charge in [0.15, 0.2) is 0 Å². The smallest absolute Gasteiger partial charge is 0.344 e. The van der Waals surface area contributed by atoms with Crippen molar-refractivity contribution in [2.24, 2.45) is 0 Å². The van der Waals surface area contributed by atoms with Gasteiger partial charge in [0.1, 0.15) is 5.69 Å². The molecule has 0 spiro atoms. The Morgan fingerprint density at radius 2 is 1.60 bits per heavy atom. The summed E-state index contributed by atoms with van der Waals surface area (Å²) in [4.78, 5) is 28.2. The first-order chi connectivity index (χ1) is 24.5. The van der Waals surface area contributed by atoms with Gasteiger partial charge >= 0.3 is 17.9 Å². The summed E-state index contributed by atoms with van der Waals surface area (Å²) in [7, 11) is -4.44. The Bertz CT molecular complexity index is 2420. The maximum Gasteiger partial charge on any atom is 0.416 e. The molecule has 16 heteroatoms. The van der Waals surface area contributed by atoms with Crippen LogP contribution in [0.1, 0.15) is 70.7 Å². The van der Waals surface area contributed by atoms with E-state index >= 15 is 0 Å². The average molecular weight is 750 g/mol. The van der Waals surface area contributed by atoms with E-state index in [0.29, 0.717) is 48.2 Å². The number of carbonyl (C=O) groups is 1. The van der Waals surface area contributed by atoms with Crippen molar-refractivity contribution >= 4 is 16.1 Å². The lowest BCUT2D eigenvalue weighted by Gasteiger charge is -2.31. The predicted molar refractivity (Wildman–Crippen MR) is 191 cm³/mol. The van der Waals surface area contributed by atoms with E-state index in [1.165, 1.54) is 36.0 Å². The van der Waals surface area contributed by atoms with Gasteiger partial charge in [-0.05, 0) is 136 Å². The second kappa shape index (κ2) is 14.5. The second-order valence-corrected chi connectivity index (χ2v) is 14.4. The van der Waals surface area contributed by atoms with Crippen LogP contribution in [0, 0.1) is 39.0 Å². The highest BCUT2D eigenvalue weighted by Gasteiger charge is 2.33. The SMILES string of the molecule is Cc1c(S(=O)(=O)O)cc([C@H]2CC[C@@H](NC(=O)n3c(-c4ccnn4-c4ccc(C#N)cc4)c(C)n(-c4cccc(C(F)(F)F)c4)c3=O)CC2)c(C)c1C.N. The largest absolute Gasteiger partial charge is 0.416 e. The molecule has 1 aliphatic rings. The van der Waals surface area contributed by atoms with Crippen LogP contribution in [0.15, 0.2) is 76.6 Å². The predicted octanol–water partition coefficient (Wildman–Crippen LogP) is 7.31. The highest BCUT2D eigenvalue weighted by atomic mass is 32.2. The third-order valence-electron chi connectivity index (χ3n) is 10.0. The van der Waals surface area contributed by atoms with Crippen LogP contribution in [0.4, 0.5) is 18.0 Å². The number of hydrogen-bond donors (Lipinski definition) is 3. The van der Waals surface area contributed by atoms with Crippen LogP contribution in [0.25, 0.3) is 22.8 Å². The fourth-order valence-electron chi connectivity index (χ4n) is 7.11. The number of amides is 1. The van der Waals surface area contributed by atoms with Crippen LogP contribution >= 0.6 is 0 Å². The minimum absolute atomic E-state index is 0. The summed E-state index contributed by atoms with van der Waals surface area (Å²) in [6.45, 7) is 6.91. The van der Waals surface area contributed by atoms with Crippen LogP contribution in [0.5, 0.6) is 0 Å². The lowest BCUT2D eigenvalue weighted by molar-refractivity contribution is -0.137. The fourth-order valence-corrected chi connectivity index (χ4v) is 7.92. The van der Waals surface area contributed by atoms with Gasteiger partial charge in [-0.3, -0.25) is 9.12 Å². The number of nitriles is 1. The van der Waals surface area contributed by atoms with Gasteiger partial charge in [0, 0.05) is 6.04 Å². The van der Waals surface area contributed by atoms with E-state index in [0.717, 1.165) is 38.0 Å². The molecule has 6 rings (SSSR count). The molecule has 1 saturated carbocycles. The normalized spacial score (nSPS) is 16.1. The van der Waals surface area contributed by atoms with E-state index in [4.69, 9.17) is 0 Å². The number of carbonyl (C=O) groups excluding carboxylic acids is 1. The summed E-state index contributed by atoms with van der Waals surface area (Å²) in [5, 5.41) is 16.6. The Morgan fingerprint density at radius 3 is 2.21 bits per heavy atom. The highest BCUT2D eigenvalue weighted by molar-refractivity contribution is 7.85. The Hall–Kier alpha value is -5.50. The van der Waals surface area contributed by atoms with E-state index in [1.807, 2.05) is 19.9 Å². The summed E-state index contributed by atoms with van der Waals surface area (Å²) in [6.07, 6.45) is -1.07. The van der Waals surface area contributed by atoms with Gasteiger partial charge in [0.2, 0.25) is 0 Å². The summed E-state index contributed by atoms with van der Waals surface area (Å²) < 4.78 is 78.7. The Balaban J connectivity index is 0.00000541. The van der Waals surface area contributed by atoms with Crippen LogP contribution in [-0.2, 0) is 16.3 Å². The number of halogens is 3. The third-order valence-corrected chi connectivity index (χ3v) is 11.0. The minimum Gasteiger partial charge on any atom is -0.344 e. The number of alkyl halides is 3. The van der Waals surface area contributed by atoms with Crippen LogP contribution in [0.2, 0.25) is 0 Å². The molecule has 0 aliphatic heterocycles. The lowest BCUT2D eigenvalue weighted by atomic mass is 9.79. The van der Waals surface area contributed by atoms with Crippen molar-refractivity contribution in [2.75, 3.05) is 0 Å². The van der Waals surface area contributed by atoms with E-state index in [1.54, 1.807) is 37.3 Å². The summed E-state index contributed by atoms with van der Waals surface area (Å²) in [5.41, 5.74) is 2.61. The van der Waals surface area contributed by atoms with E-state index in [9.17, 15) is 41.0 Å². The molecular formula is C37H38F3N7O5S. The second-order valence-electron chi connectivity index (χ2n) is 13.0. The molecule has 0 unspecified atom stereocenters. The van der Waals surface area contributed by atoms with E-state index in [-0.39, 0.29) is 40.1 Å². The molecule has 1 fully saturated rings. The Kier molecular flexibility index (Phi) is 10.6. The molecule has 3 aromatic carbocycles. The number of nitrogens with zero attached hydrogens (tertiary/aromatic N) is 5. The minimum atomic E-state index is -4.67. The summed E-state index contributed by atoms with van der Waals surface area (Å²) in [6, 6.07) is 14.7. The Morgan fingerprint density at radius 1 is 0.943 bits per heavy atom. The van der Waals surface area contributed by atoms with Gasteiger partial charge in [-0.1, -0.05) is 6.07 Å². The molecule has 0 atom stereocenters. The summed E-state index contributed by atoms with van der Waals surface area (Å²) >= 11 is 0. The first-order valence-electron chi connectivity index (χ1n) is 16.5. The highest BCUT2D eigenvalue weighted by Crippen LogP contribution is 2.38. The zero-order valence-electron chi connectivity index (χ0n) is 29.4. The molecule has 12 nitrogen and oxygen atoms in total. The lowest BCUT2D eigenvalue weighted by Crippen LogP contribution is -2.43. The molecule has 0 radical (unpaired) electrons. The topological polar surface area (TPSA) is 187 Å². The maximum atomic E-state index is 14.2. The number of imidazole rings is 1. The van der Waals surface area contributed by atoms with Crippen molar-refractivity contribution in [3.8, 4) is 28.8 Å². The molecule has 5 aromatic rings. The zero-order valence-corrected chi connectivity index (χ0v) is 30.2. The molecule has 1 aliphatic carbocycles. The number of hydrogen-bond acceptors (Lipinski definition) is 7. The molecule has 5 N–H and O–H groups in total. The van der Waals surface area contributed by atoms with Gasteiger partial charge in [0.05, 0.1) is 51.1 Å². The quantitative estimate of drug-likeness (QED) is 0.151. The first-order valence-corrected chi connectivity index (χ1v) is 17.9. The van der Waals surface area contributed by atoms with Gasteiger partial charge in [-0.25, -0.2) is 18.8 Å². The van der Waals surface area contributed by atoms with E-state index in [2.05, 4.69) is 10.4 Å². The van der Waals surface area contributed by atoms with Crippen molar-refractivity contribution in [2.45, 2.75) is 76.4 Å². The molecule has 53 heavy (non-hydrogen) atoms. The van der Waals surface area contributed by atoms with E-state index < -0.39 is 33.6 Å². The first kappa shape index (κ1) is 38.7. The van der Waals surface area contributed by atoms with Crippen LogP contribution in [0.3, 0.4) is 0 Å². The van der Waals surface area contributed by atoms with Gasteiger partial charge in [-0.2, -0.15) is 31.9 Å². The van der Waals surface area contributed by atoms with Crippen molar-refractivity contribution in [3.05, 3.63) is 116 Å². The van der Waals surface area contributed by atoms with Gasteiger partial charge in [-0.15, -0.1) is 0 Å². The van der Waals surface area contributed by atoms with Crippen molar-refractivity contribution in [1.82, 2.24) is 30.4 Å².